The molecule has 0 saturated heterocycles. The Morgan fingerprint density at radius 1 is 1.05 bits per heavy atom. The summed E-state index contributed by atoms with van der Waals surface area (Å²) >= 11 is 0. The van der Waals surface area contributed by atoms with Crippen molar-refractivity contribution in [3.8, 4) is 0 Å². The highest BCUT2D eigenvalue weighted by Gasteiger charge is 2.32. The van der Waals surface area contributed by atoms with Gasteiger partial charge in [-0.2, -0.15) is 13.2 Å². The molecule has 1 aliphatic rings. The van der Waals surface area contributed by atoms with E-state index in [0.717, 1.165) is 12.1 Å². The Kier molecular flexibility index (Phi) is 3.52. The van der Waals surface area contributed by atoms with Crippen LogP contribution in [0.3, 0.4) is 0 Å². The molecule has 0 radical (unpaired) electrons. The first-order chi connectivity index (χ1) is 10.5. The van der Waals surface area contributed by atoms with Gasteiger partial charge in [0.2, 0.25) is 5.91 Å². The van der Waals surface area contributed by atoms with Gasteiger partial charge < -0.3 is 5.32 Å². The standard InChI is InChI=1S/C16H13F3N2O/c17-16(18,19)11-6-7-14-13(10-11)20-9-8-15(22)21(14)12-4-2-1-3-5-12/h1-7,10,20H,8-9H2. The van der Waals surface area contributed by atoms with Crippen molar-refractivity contribution in [3.63, 3.8) is 0 Å². The van der Waals surface area contributed by atoms with Gasteiger partial charge >= 0.3 is 6.18 Å². The lowest BCUT2D eigenvalue weighted by Crippen LogP contribution is -2.25. The Morgan fingerprint density at radius 3 is 2.45 bits per heavy atom. The smallest absolute Gasteiger partial charge is 0.383 e. The largest absolute Gasteiger partial charge is 0.416 e. The van der Waals surface area contributed by atoms with E-state index in [2.05, 4.69) is 5.32 Å². The number of rotatable bonds is 1. The van der Waals surface area contributed by atoms with Gasteiger partial charge in [0.25, 0.3) is 0 Å². The molecule has 22 heavy (non-hydrogen) atoms. The fraction of sp³-hybridized carbons (Fsp3) is 0.188. The van der Waals surface area contributed by atoms with Gasteiger partial charge in [-0.15, -0.1) is 0 Å². The number of alkyl halides is 3. The van der Waals surface area contributed by atoms with Crippen LogP contribution >= 0.6 is 0 Å². The predicted octanol–water partition coefficient (Wildman–Crippen LogP) is 4.19. The van der Waals surface area contributed by atoms with Gasteiger partial charge in [-0.25, -0.2) is 0 Å². The van der Waals surface area contributed by atoms with E-state index >= 15 is 0 Å². The number of carbonyl (C=O) groups is 1. The molecule has 2 aromatic carbocycles. The summed E-state index contributed by atoms with van der Waals surface area (Å²) in [5.74, 6) is -0.155. The highest BCUT2D eigenvalue weighted by Crippen LogP contribution is 2.39. The van der Waals surface area contributed by atoms with Gasteiger partial charge in [0, 0.05) is 18.7 Å². The van der Waals surface area contributed by atoms with Crippen molar-refractivity contribution in [3.05, 3.63) is 54.1 Å². The number of carbonyl (C=O) groups excluding carboxylic acids is 1. The van der Waals surface area contributed by atoms with Gasteiger partial charge in [0.15, 0.2) is 0 Å². The van der Waals surface area contributed by atoms with Gasteiger partial charge in [0.1, 0.15) is 0 Å². The van der Waals surface area contributed by atoms with Gasteiger partial charge in [-0.3, -0.25) is 9.69 Å². The number of nitrogens with one attached hydrogen (secondary N) is 1. The van der Waals surface area contributed by atoms with E-state index in [1.165, 1.54) is 11.0 Å². The molecule has 1 heterocycles. The predicted molar refractivity (Wildman–Crippen MR) is 78.1 cm³/mol. The van der Waals surface area contributed by atoms with Crippen molar-refractivity contribution >= 4 is 23.0 Å². The minimum atomic E-state index is -4.41. The van der Waals surface area contributed by atoms with E-state index < -0.39 is 11.7 Å². The maximum atomic E-state index is 12.8. The molecule has 0 unspecified atom stereocenters. The molecule has 0 aliphatic carbocycles. The van der Waals surface area contributed by atoms with E-state index in [9.17, 15) is 18.0 Å². The molecular weight excluding hydrogens is 293 g/mol. The van der Waals surface area contributed by atoms with Crippen molar-refractivity contribution in [1.29, 1.82) is 0 Å². The zero-order valence-electron chi connectivity index (χ0n) is 11.5. The van der Waals surface area contributed by atoms with Crippen molar-refractivity contribution in [2.45, 2.75) is 12.6 Å². The number of fused-ring (bicyclic) bond motifs is 1. The molecular formula is C16H13F3N2O. The normalized spacial score (nSPS) is 15.0. The first-order valence-electron chi connectivity index (χ1n) is 6.80. The third kappa shape index (κ3) is 2.64. The summed E-state index contributed by atoms with van der Waals surface area (Å²) in [5, 5.41) is 2.91. The maximum Gasteiger partial charge on any atom is 0.416 e. The Labute approximate surface area is 125 Å². The van der Waals surface area contributed by atoms with E-state index in [0.29, 0.717) is 23.6 Å². The van der Waals surface area contributed by atoms with Gasteiger partial charge in [-0.05, 0) is 30.3 Å². The van der Waals surface area contributed by atoms with Crippen molar-refractivity contribution in [1.82, 2.24) is 0 Å². The molecule has 3 nitrogen and oxygen atoms in total. The molecule has 0 saturated carbocycles. The molecule has 0 atom stereocenters. The lowest BCUT2D eigenvalue weighted by molar-refractivity contribution is -0.137. The minimum Gasteiger partial charge on any atom is -0.383 e. The number of amides is 1. The van der Waals surface area contributed by atoms with Crippen LogP contribution in [0.4, 0.5) is 30.2 Å². The van der Waals surface area contributed by atoms with E-state index in [-0.39, 0.29) is 12.3 Å². The summed E-state index contributed by atoms with van der Waals surface area (Å²) < 4.78 is 38.5. The molecule has 114 valence electrons. The summed E-state index contributed by atoms with van der Waals surface area (Å²) in [5.41, 5.74) is 0.643. The molecule has 0 fully saturated rings. The van der Waals surface area contributed by atoms with E-state index in [4.69, 9.17) is 0 Å². The van der Waals surface area contributed by atoms with Crippen LogP contribution in [0, 0.1) is 0 Å². The highest BCUT2D eigenvalue weighted by molar-refractivity contribution is 6.04. The van der Waals surface area contributed by atoms with Crippen LogP contribution in [0.2, 0.25) is 0 Å². The topological polar surface area (TPSA) is 32.3 Å². The summed E-state index contributed by atoms with van der Waals surface area (Å²) in [6.45, 7) is 0.302. The van der Waals surface area contributed by atoms with Crippen LogP contribution in [0.25, 0.3) is 0 Å². The monoisotopic (exact) mass is 306 g/mol. The van der Waals surface area contributed by atoms with E-state index in [1.807, 2.05) is 6.07 Å². The Hall–Kier alpha value is -2.50. The Bertz CT molecular complexity index is 698. The summed E-state index contributed by atoms with van der Waals surface area (Å²) in [6.07, 6.45) is -4.20. The molecule has 1 aliphatic heterocycles. The van der Waals surface area contributed by atoms with Gasteiger partial charge in [-0.1, -0.05) is 18.2 Å². The first kappa shape index (κ1) is 14.4. The van der Waals surface area contributed by atoms with Crippen LogP contribution in [0.5, 0.6) is 0 Å². The summed E-state index contributed by atoms with van der Waals surface area (Å²) in [6, 6.07) is 12.3. The molecule has 0 spiro atoms. The lowest BCUT2D eigenvalue weighted by atomic mass is 10.1. The van der Waals surface area contributed by atoms with Crippen LogP contribution in [-0.4, -0.2) is 12.5 Å². The van der Waals surface area contributed by atoms with Gasteiger partial charge in [0.05, 0.1) is 16.9 Å². The maximum absolute atomic E-state index is 12.8. The number of halogens is 3. The second kappa shape index (κ2) is 5.36. The van der Waals surface area contributed by atoms with Crippen molar-refractivity contribution in [2.75, 3.05) is 16.8 Å². The third-order valence-electron chi connectivity index (χ3n) is 3.48. The van der Waals surface area contributed by atoms with Crippen LogP contribution in [-0.2, 0) is 11.0 Å². The number of hydrogen-bond donors (Lipinski definition) is 1. The first-order valence-corrected chi connectivity index (χ1v) is 6.80. The molecule has 1 N–H and O–H groups in total. The Balaban J connectivity index is 2.12. The molecule has 0 aromatic heterocycles. The minimum absolute atomic E-state index is 0.155. The number of nitrogens with zero attached hydrogens (tertiary/aromatic N) is 1. The third-order valence-corrected chi connectivity index (χ3v) is 3.48. The van der Waals surface area contributed by atoms with E-state index in [1.54, 1.807) is 24.3 Å². The Morgan fingerprint density at radius 2 is 1.77 bits per heavy atom. The fourth-order valence-corrected chi connectivity index (χ4v) is 2.46. The van der Waals surface area contributed by atoms with Crippen LogP contribution in [0.1, 0.15) is 12.0 Å². The summed E-state index contributed by atoms with van der Waals surface area (Å²) in [7, 11) is 0. The quantitative estimate of drug-likeness (QED) is 0.857. The second-order valence-electron chi connectivity index (χ2n) is 4.97. The second-order valence-corrected chi connectivity index (χ2v) is 4.97. The molecule has 1 amide bonds. The lowest BCUT2D eigenvalue weighted by Gasteiger charge is -2.23. The van der Waals surface area contributed by atoms with Crippen molar-refractivity contribution < 1.29 is 18.0 Å². The molecule has 2 aromatic rings. The summed E-state index contributed by atoms with van der Waals surface area (Å²) in [4.78, 5) is 13.8. The number of anilines is 3. The molecule has 3 rings (SSSR count). The highest BCUT2D eigenvalue weighted by atomic mass is 19.4. The number of hydrogen-bond acceptors (Lipinski definition) is 2. The van der Waals surface area contributed by atoms with Crippen molar-refractivity contribution in [2.24, 2.45) is 0 Å². The zero-order chi connectivity index (χ0) is 15.7. The SMILES string of the molecule is O=C1CCNc2cc(C(F)(F)F)ccc2N1c1ccccc1. The van der Waals surface area contributed by atoms with Crippen LogP contribution in [0.15, 0.2) is 48.5 Å². The number of benzene rings is 2. The fourth-order valence-electron chi connectivity index (χ4n) is 2.46. The zero-order valence-corrected chi connectivity index (χ0v) is 11.5. The average molecular weight is 306 g/mol. The number of para-hydroxylation sites is 1. The van der Waals surface area contributed by atoms with Crippen LogP contribution < -0.4 is 10.2 Å². The average Bonchev–Trinajstić information content (AvgIpc) is 2.64. The molecule has 0 bridgehead atoms. The molecule has 6 heteroatoms.